The number of carbonyl (C=O) groups excluding carboxylic acids is 1. The molecule has 0 radical (unpaired) electrons. The lowest BCUT2D eigenvalue weighted by atomic mass is 10.1. The van der Waals surface area contributed by atoms with Crippen LogP contribution in [-0.2, 0) is 4.79 Å². The summed E-state index contributed by atoms with van der Waals surface area (Å²) in [5.41, 5.74) is 2.90. The number of aliphatic imine (C=N–C) groups is 1. The molecule has 1 aliphatic carbocycles. The van der Waals surface area contributed by atoms with E-state index in [2.05, 4.69) is 36.8 Å². The second-order valence-corrected chi connectivity index (χ2v) is 8.98. The highest BCUT2D eigenvalue weighted by Gasteiger charge is 2.40. The smallest absolute Gasteiger partial charge is 0.269 e. The van der Waals surface area contributed by atoms with Crippen molar-refractivity contribution in [2.75, 3.05) is 50.5 Å². The number of fused-ring (bicyclic) bond motifs is 1. The lowest BCUT2D eigenvalue weighted by molar-refractivity contribution is -0.126. The minimum atomic E-state index is -0.180. The van der Waals surface area contributed by atoms with Crippen LogP contribution >= 0.6 is 0 Å². The molecule has 0 spiro atoms. The van der Waals surface area contributed by atoms with Gasteiger partial charge in [0.05, 0.1) is 11.9 Å². The predicted molar refractivity (Wildman–Crippen MR) is 126 cm³/mol. The third-order valence-corrected chi connectivity index (χ3v) is 6.59. The molecule has 2 fully saturated rings. The number of piperazine rings is 1. The van der Waals surface area contributed by atoms with E-state index in [0.717, 1.165) is 61.8 Å². The van der Waals surface area contributed by atoms with E-state index in [1.54, 1.807) is 19.0 Å². The molecule has 3 aliphatic heterocycles. The van der Waals surface area contributed by atoms with Crippen molar-refractivity contribution in [2.45, 2.75) is 37.9 Å². The molecule has 9 heteroatoms. The predicted octanol–water partition coefficient (Wildman–Crippen LogP) is 1.30. The van der Waals surface area contributed by atoms with Crippen molar-refractivity contribution < 1.29 is 4.79 Å². The van der Waals surface area contributed by atoms with Gasteiger partial charge in [0.1, 0.15) is 11.5 Å². The molecular weight excluding hydrogens is 404 g/mol. The summed E-state index contributed by atoms with van der Waals surface area (Å²) < 4.78 is 0. The van der Waals surface area contributed by atoms with Crippen molar-refractivity contribution in [3.63, 3.8) is 0 Å². The molecule has 1 atom stereocenters. The van der Waals surface area contributed by atoms with Crippen LogP contribution in [0.3, 0.4) is 0 Å². The number of guanidine groups is 1. The number of hydrogen-bond donors (Lipinski definition) is 3. The van der Waals surface area contributed by atoms with Crippen LogP contribution in [-0.4, -0.2) is 79.1 Å². The second-order valence-electron chi connectivity index (χ2n) is 8.98. The Morgan fingerprint density at radius 3 is 2.66 bits per heavy atom. The first-order valence-electron chi connectivity index (χ1n) is 11.5. The summed E-state index contributed by atoms with van der Waals surface area (Å²) in [7, 11) is 3.60. The Morgan fingerprint density at radius 2 is 1.97 bits per heavy atom. The van der Waals surface area contributed by atoms with Gasteiger partial charge >= 0.3 is 0 Å². The zero-order valence-electron chi connectivity index (χ0n) is 18.8. The van der Waals surface area contributed by atoms with Gasteiger partial charge in [-0.1, -0.05) is 12.8 Å². The first kappa shape index (κ1) is 20.8. The molecular formula is C23H32N8O. The van der Waals surface area contributed by atoms with E-state index in [1.165, 1.54) is 12.8 Å². The van der Waals surface area contributed by atoms with Gasteiger partial charge in [-0.15, -0.1) is 0 Å². The van der Waals surface area contributed by atoms with Crippen LogP contribution in [0.5, 0.6) is 0 Å². The van der Waals surface area contributed by atoms with Crippen LogP contribution < -0.4 is 20.9 Å². The zero-order chi connectivity index (χ0) is 22.1. The van der Waals surface area contributed by atoms with Gasteiger partial charge in [0.25, 0.3) is 5.91 Å². The Bertz CT molecular complexity index is 939. The van der Waals surface area contributed by atoms with Crippen LogP contribution in [0.15, 0.2) is 46.9 Å². The first-order chi connectivity index (χ1) is 15.6. The Kier molecular flexibility index (Phi) is 5.73. The summed E-state index contributed by atoms with van der Waals surface area (Å²) in [4.78, 5) is 28.6. The first-order valence-corrected chi connectivity index (χ1v) is 11.5. The SMILES string of the molecule is CN(C)C(=O)C1=CC2=CNC(Nc3ccc(N4CCNCC4)cn3)=NC2N1C1CCCC1. The number of amides is 1. The van der Waals surface area contributed by atoms with Crippen molar-refractivity contribution in [3.05, 3.63) is 41.9 Å². The molecule has 4 heterocycles. The number of nitrogens with zero attached hydrogens (tertiary/aromatic N) is 5. The van der Waals surface area contributed by atoms with Crippen molar-refractivity contribution in [2.24, 2.45) is 4.99 Å². The van der Waals surface area contributed by atoms with E-state index in [4.69, 9.17) is 4.99 Å². The summed E-state index contributed by atoms with van der Waals surface area (Å²) in [6.07, 6.45) is 10.3. The van der Waals surface area contributed by atoms with Crippen LogP contribution in [0.25, 0.3) is 0 Å². The molecule has 0 aromatic carbocycles. The fourth-order valence-corrected chi connectivity index (χ4v) is 4.90. The molecule has 1 saturated carbocycles. The molecule has 5 rings (SSSR count). The normalized spacial score (nSPS) is 23.2. The second kappa shape index (κ2) is 8.82. The van der Waals surface area contributed by atoms with Gasteiger partial charge in [0.15, 0.2) is 6.17 Å². The van der Waals surface area contributed by atoms with E-state index < -0.39 is 0 Å². The van der Waals surface area contributed by atoms with Gasteiger partial charge in [0.2, 0.25) is 5.96 Å². The van der Waals surface area contributed by atoms with E-state index >= 15 is 0 Å². The summed E-state index contributed by atoms with van der Waals surface area (Å²) in [6.45, 7) is 3.99. The van der Waals surface area contributed by atoms with Gasteiger partial charge in [-0.2, -0.15) is 0 Å². The number of pyridine rings is 1. The number of hydrogen-bond acceptors (Lipinski definition) is 8. The highest BCUT2D eigenvalue weighted by molar-refractivity contribution is 5.97. The Balaban J connectivity index is 1.32. The molecule has 3 N–H and O–H groups in total. The Labute approximate surface area is 189 Å². The van der Waals surface area contributed by atoms with Crippen molar-refractivity contribution in [1.29, 1.82) is 0 Å². The molecule has 1 unspecified atom stereocenters. The quantitative estimate of drug-likeness (QED) is 0.656. The standard InChI is InChI=1S/C23H32N8O/c1-29(2)22(32)19-13-16-14-26-23(28-21(16)31(19)17-5-3-4-6-17)27-20-8-7-18(15-25-20)30-11-9-24-10-12-30/h7-8,13-15,17,21,24H,3-6,9-12H2,1-2H3,(H2,25,26,27,28). The maximum absolute atomic E-state index is 12.9. The highest BCUT2D eigenvalue weighted by Crippen LogP contribution is 2.37. The summed E-state index contributed by atoms with van der Waals surface area (Å²) in [5.74, 6) is 1.42. The van der Waals surface area contributed by atoms with Crippen LogP contribution in [0.2, 0.25) is 0 Å². The highest BCUT2D eigenvalue weighted by atomic mass is 16.2. The van der Waals surface area contributed by atoms with Crippen molar-refractivity contribution in [1.82, 2.24) is 25.4 Å². The van der Waals surface area contributed by atoms with Gasteiger partial charge in [0, 0.05) is 58.1 Å². The third-order valence-electron chi connectivity index (χ3n) is 6.59. The third kappa shape index (κ3) is 4.04. The summed E-state index contributed by atoms with van der Waals surface area (Å²) in [6, 6.07) is 4.44. The molecule has 1 aromatic rings. The summed E-state index contributed by atoms with van der Waals surface area (Å²) >= 11 is 0. The molecule has 9 nitrogen and oxygen atoms in total. The number of aromatic nitrogens is 1. The Hall–Kier alpha value is -3.07. The van der Waals surface area contributed by atoms with Gasteiger partial charge < -0.3 is 30.7 Å². The molecule has 170 valence electrons. The molecule has 1 aromatic heterocycles. The number of carbonyl (C=O) groups is 1. The Morgan fingerprint density at radius 1 is 1.19 bits per heavy atom. The molecule has 1 amide bonds. The fourth-order valence-electron chi connectivity index (χ4n) is 4.90. The number of nitrogens with one attached hydrogen (secondary N) is 3. The number of rotatable bonds is 4. The molecule has 0 bridgehead atoms. The van der Waals surface area contributed by atoms with Gasteiger partial charge in [-0.25, -0.2) is 9.98 Å². The molecule has 4 aliphatic rings. The number of anilines is 2. The van der Waals surface area contributed by atoms with Crippen LogP contribution in [0, 0.1) is 0 Å². The summed E-state index contributed by atoms with van der Waals surface area (Å²) in [5, 5.41) is 9.92. The molecule has 32 heavy (non-hydrogen) atoms. The maximum atomic E-state index is 12.9. The van der Waals surface area contributed by atoms with Gasteiger partial charge in [-0.3, -0.25) is 4.79 Å². The van der Waals surface area contributed by atoms with Crippen LogP contribution in [0.4, 0.5) is 11.5 Å². The molecule has 1 saturated heterocycles. The average molecular weight is 437 g/mol. The maximum Gasteiger partial charge on any atom is 0.269 e. The largest absolute Gasteiger partial charge is 0.368 e. The van der Waals surface area contributed by atoms with Crippen molar-refractivity contribution >= 4 is 23.4 Å². The van der Waals surface area contributed by atoms with Crippen LogP contribution in [0.1, 0.15) is 25.7 Å². The van der Waals surface area contributed by atoms with Gasteiger partial charge in [-0.05, 0) is 31.1 Å². The monoisotopic (exact) mass is 436 g/mol. The lowest BCUT2D eigenvalue weighted by Crippen LogP contribution is -2.45. The topological polar surface area (TPSA) is 88.1 Å². The lowest BCUT2D eigenvalue weighted by Gasteiger charge is -2.35. The average Bonchev–Trinajstić information content (AvgIpc) is 3.47. The van der Waals surface area contributed by atoms with Crippen molar-refractivity contribution in [3.8, 4) is 0 Å². The van der Waals surface area contributed by atoms with E-state index in [-0.39, 0.29) is 12.1 Å². The fraction of sp³-hybridized carbons (Fsp3) is 0.522. The number of likely N-dealkylation sites (N-methyl/N-ethyl adjacent to an activating group) is 1. The van der Waals surface area contributed by atoms with E-state index in [9.17, 15) is 4.79 Å². The van der Waals surface area contributed by atoms with E-state index in [1.807, 2.05) is 24.5 Å². The minimum absolute atomic E-state index is 0.0297. The zero-order valence-corrected chi connectivity index (χ0v) is 18.8. The minimum Gasteiger partial charge on any atom is -0.368 e. The van der Waals surface area contributed by atoms with E-state index in [0.29, 0.717) is 12.0 Å².